The Balaban J connectivity index is 2.22. The Morgan fingerprint density at radius 2 is 1.83 bits per heavy atom. The van der Waals surface area contributed by atoms with Gasteiger partial charge in [-0.2, -0.15) is 0 Å². The molecule has 2 aromatic carbocycles. The average Bonchev–Trinajstić information content (AvgIpc) is 2.32. The first-order chi connectivity index (χ1) is 8.58. The van der Waals surface area contributed by atoms with Crippen LogP contribution in [0.1, 0.15) is 17.2 Å². The van der Waals surface area contributed by atoms with Gasteiger partial charge in [0.1, 0.15) is 5.82 Å². The summed E-state index contributed by atoms with van der Waals surface area (Å²) < 4.78 is 15.3. The second-order valence-corrected chi connectivity index (χ2v) is 5.85. The summed E-state index contributed by atoms with van der Waals surface area (Å²) in [4.78, 5) is 0. The number of halogens is 3. The summed E-state index contributed by atoms with van der Waals surface area (Å²) in [5.41, 5.74) is 7.68. The van der Waals surface area contributed by atoms with Gasteiger partial charge in [0.05, 0.1) is 4.47 Å². The predicted molar refractivity (Wildman–Crippen MR) is 78.9 cm³/mol. The van der Waals surface area contributed by atoms with Gasteiger partial charge in [0.25, 0.3) is 0 Å². The van der Waals surface area contributed by atoms with Crippen LogP contribution in [0.2, 0.25) is 0 Å². The molecule has 1 unspecified atom stereocenters. The molecule has 1 nitrogen and oxygen atoms in total. The Kier molecular flexibility index (Phi) is 4.54. The van der Waals surface area contributed by atoms with Crippen LogP contribution in [0.3, 0.4) is 0 Å². The highest BCUT2D eigenvalue weighted by molar-refractivity contribution is 9.10. The molecule has 0 aliphatic rings. The molecule has 0 bridgehead atoms. The number of benzene rings is 2. The van der Waals surface area contributed by atoms with Crippen molar-refractivity contribution in [3.05, 3.63) is 68.4 Å². The van der Waals surface area contributed by atoms with E-state index in [1.54, 1.807) is 18.2 Å². The minimum atomic E-state index is -0.350. The zero-order valence-corrected chi connectivity index (χ0v) is 12.7. The van der Waals surface area contributed by atoms with E-state index in [1.807, 2.05) is 24.3 Å². The van der Waals surface area contributed by atoms with E-state index in [4.69, 9.17) is 5.73 Å². The van der Waals surface area contributed by atoms with Crippen molar-refractivity contribution in [1.82, 2.24) is 0 Å². The Labute approximate surface area is 122 Å². The molecule has 1 atom stereocenters. The van der Waals surface area contributed by atoms with Crippen LogP contribution < -0.4 is 5.73 Å². The fraction of sp³-hybridized carbons (Fsp3) is 0.143. The van der Waals surface area contributed by atoms with Gasteiger partial charge in [0.15, 0.2) is 0 Å². The smallest absolute Gasteiger partial charge is 0.142 e. The molecule has 18 heavy (non-hydrogen) atoms. The lowest BCUT2D eigenvalue weighted by Crippen LogP contribution is -2.15. The van der Waals surface area contributed by atoms with Gasteiger partial charge in [-0.25, -0.2) is 4.39 Å². The van der Waals surface area contributed by atoms with Crippen LogP contribution in [0.4, 0.5) is 4.39 Å². The molecule has 0 amide bonds. The minimum Gasteiger partial charge on any atom is -0.324 e. The Hall–Kier alpha value is -0.710. The zero-order valence-electron chi connectivity index (χ0n) is 9.54. The lowest BCUT2D eigenvalue weighted by Gasteiger charge is -2.14. The third-order valence-electron chi connectivity index (χ3n) is 2.73. The number of hydrogen-bond acceptors (Lipinski definition) is 1. The summed E-state index contributed by atoms with van der Waals surface area (Å²) >= 11 is 6.59. The topological polar surface area (TPSA) is 26.0 Å². The van der Waals surface area contributed by atoms with Gasteiger partial charge in [-0.3, -0.25) is 0 Å². The highest BCUT2D eigenvalue weighted by Crippen LogP contribution is 2.25. The van der Waals surface area contributed by atoms with Gasteiger partial charge in [0, 0.05) is 16.1 Å². The van der Waals surface area contributed by atoms with Crippen LogP contribution in [0.25, 0.3) is 0 Å². The van der Waals surface area contributed by atoms with E-state index in [2.05, 4.69) is 31.9 Å². The normalized spacial score (nSPS) is 12.4. The molecule has 2 N–H and O–H groups in total. The second-order valence-electron chi connectivity index (χ2n) is 4.08. The van der Waals surface area contributed by atoms with E-state index < -0.39 is 0 Å². The van der Waals surface area contributed by atoms with E-state index in [-0.39, 0.29) is 11.9 Å². The van der Waals surface area contributed by atoms with Crippen LogP contribution in [0.15, 0.2) is 51.4 Å². The molecule has 0 aromatic heterocycles. The van der Waals surface area contributed by atoms with Crippen molar-refractivity contribution in [2.45, 2.75) is 12.5 Å². The molecular formula is C14H12Br2FN. The molecule has 2 aromatic rings. The second kappa shape index (κ2) is 5.95. The van der Waals surface area contributed by atoms with E-state index in [0.29, 0.717) is 16.5 Å². The summed E-state index contributed by atoms with van der Waals surface area (Å²) in [6, 6.07) is 12.7. The average molecular weight is 373 g/mol. The molecule has 0 heterocycles. The fourth-order valence-corrected chi connectivity index (χ4v) is 2.66. The predicted octanol–water partition coefficient (Wildman–Crippen LogP) is 4.59. The molecule has 0 radical (unpaired) electrons. The largest absolute Gasteiger partial charge is 0.324 e. The van der Waals surface area contributed by atoms with Gasteiger partial charge < -0.3 is 5.73 Å². The Morgan fingerprint density at radius 1 is 1.11 bits per heavy atom. The molecule has 0 saturated heterocycles. The fourth-order valence-electron chi connectivity index (χ4n) is 1.83. The summed E-state index contributed by atoms with van der Waals surface area (Å²) in [5.74, 6) is -0.278. The van der Waals surface area contributed by atoms with Gasteiger partial charge >= 0.3 is 0 Å². The maximum Gasteiger partial charge on any atom is 0.142 e. The first kappa shape index (κ1) is 13.7. The molecule has 94 valence electrons. The lowest BCUT2D eigenvalue weighted by molar-refractivity contribution is 0.575. The summed E-state index contributed by atoms with van der Waals surface area (Å²) in [5, 5.41) is 0. The summed E-state index contributed by atoms with van der Waals surface area (Å²) in [6.07, 6.45) is 0.604. The molecule has 0 fully saturated rings. The van der Waals surface area contributed by atoms with Crippen molar-refractivity contribution in [1.29, 1.82) is 0 Å². The van der Waals surface area contributed by atoms with Crippen LogP contribution in [0.5, 0.6) is 0 Å². The maximum absolute atomic E-state index is 13.9. The molecule has 0 aliphatic heterocycles. The van der Waals surface area contributed by atoms with Crippen molar-refractivity contribution < 1.29 is 4.39 Å². The van der Waals surface area contributed by atoms with Gasteiger partial charge in [-0.05, 0) is 46.1 Å². The van der Waals surface area contributed by atoms with Crippen molar-refractivity contribution in [2.24, 2.45) is 5.73 Å². The number of nitrogens with two attached hydrogens (primary N) is 1. The van der Waals surface area contributed by atoms with Crippen LogP contribution in [-0.4, -0.2) is 0 Å². The highest BCUT2D eigenvalue weighted by atomic mass is 79.9. The van der Waals surface area contributed by atoms with Crippen LogP contribution in [0, 0.1) is 5.82 Å². The Morgan fingerprint density at radius 3 is 2.56 bits per heavy atom. The van der Waals surface area contributed by atoms with E-state index in [0.717, 1.165) is 10.0 Å². The van der Waals surface area contributed by atoms with E-state index >= 15 is 0 Å². The summed E-state index contributed by atoms with van der Waals surface area (Å²) in [7, 11) is 0. The standard InChI is InChI=1S/C14H12Br2FN/c15-10-4-1-3-9(7-10)8-13(18)11-5-2-6-12(16)14(11)17/h1-7,13H,8,18H2. The van der Waals surface area contributed by atoms with Crippen LogP contribution >= 0.6 is 31.9 Å². The summed E-state index contributed by atoms with van der Waals surface area (Å²) in [6.45, 7) is 0. The van der Waals surface area contributed by atoms with Crippen molar-refractivity contribution >= 4 is 31.9 Å². The SMILES string of the molecule is NC(Cc1cccc(Br)c1)c1cccc(Br)c1F. The van der Waals surface area contributed by atoms with Gasteiger partial charge in [-0.1, -0.05) is 40.2 Å². The Bertz CT molecular complexity index is 557. The monoisotopic (exact) mass is 371 g/mol. The van der Waals surface area contributed by atoms with Crippen molar-refractivity contribution in [3.8, 4) is 0 Å². The first-order valence-corrected chi connectivity index (χ1v) is 7.10. The number of hydrogen-bond donors (Lipinski definition) is 1. The van der Waals surface area contributed by atoms with Gasteiger partial charge in [0.2, 0.25) is 0 Å². The van der Waals surface area contributed by atoms with E-state index in [1.165, 1.54) is 0 Å². The molecule has 0 saturated carbocycles. The maximum atomic E-state index is 13.9. The zero-order chi connectivity index (χ0) is 13.1. The van der Waals surface area contributed by atoms with E-state index in [9.17, 15) is 4.39 Å². The number of rotatable bonds is 3. The molecular weight excluding hydrogens is 361 g/mol. The molecule has 0 spiro atoms. The first-order valence-electron chi connectivity index (χ1n) is 5.52. The third kappa shape index (κ3) is 3.19. The van der Waals surface area contributed by atoms with Crippen molar-refractivity contribution in [3.63, 3.8) is 0 Å². The quantitative estimate of drug-likeness (QED) is 0.837. The minimum absolute atomic E-state index is 0.278. The molecule has 0 aliphatic carbocycles. The molecule has 4 heteroatoms. The lowest BCUT2D eigenvalue weighted by atomic mass is 9.99. The highest BCUT2D eigenvalue weighted by Gasteiger charge is 2.14. The van der Waals surface area contributed by atoms with Crippen molar-refractivity contribution in [2.75, 3.05) is 0 Å². The molecule has 2 rings (SSSR count). The van der Waals surface area contributed by atoms with Crippen LogP contribution in [-0.2, 0) is 6.42 Å². The van der Waals surface area contributed by atoms with Gasteiger partial charge in [-0.15, -0.1) is 0 Å². The third-order valence-corrected chi connectivity index (χ3v) is 3.83.